The maximum atomic E-state index is 9.75. The molecule has 1 radical (unpaired) electrons. The van der Waals surface area contributed by atoms with E-state index >= 15 is 0 Å². The summed E-state index contributed by atoms with van der Waals surface area (Å²) in [7, 11) is -24.0. The molecule has 0 aromatic rings. The first kappa shape index (κ1) is 32.6. The van der Waals surface area contributed by atoms with Crippen LogP contribution >= 0.6 is 0 Å². The molecule has 0 saturated heterocycles. The van der Waals surface area contributed by atoms with E-state index in [4.69, 9.17) is 0 Å². The summed E-state index contributed by atoms with van der Waals surface area (Å²) in [6.45, 7) is 0. The van der Waals surface area contributed by atoms with Crippen molar-refractivity contribution in [2.24, 2.45) is 0 Å². The molecule has 0 atom stereocenters. The van der Waals surface area contributed by atoms with Crippen molar-refractivity contribution in [1.29, 1.82) is 0 Å². The van der Waals surface area contributed by atoms with Gasteiger partial charge in [0.25, 0.3) is 0 Å². The van der Waals surface area contributed by atoms with Crippen LogP contribution in [-0.2, 0) is 19.5 Å². The van der Waals surface area contributed by atoms with Crippen LogP contribution in [0, 0.1) is 0 Å². The molecule has 133 valence electrons. The van der Waals surface area contributed by atoms with E-state index < -0.39 is 29.0 Å². The quantitative estimate of drug-likeness (QED) is 0.352. The van der Waals surface area contributed by atoms with Crippen molar-refractivity contribution < 1.29 is 88.5 Å². The van der Waals surface area contributed by atoms with Gasteiger partial charge in [-0.05, 0) is 0 Å². The van der Waals surface area contributed by atoms with Crippen molar-refractivity contribution in [2.75, 3.05) is 0 Å². The Bertz CT molecular complexity index is 130. The van der Waals surface area contributed by atoms with Gasteiger partial charge in [0, 0.05) is 0 Å². The average Bonchev–Trinajstić information content (AvgIpc) is 1.62. The molecule has 21 heteroatoms. The van der Waals surface area contributed by atoms with Crippen molar-refractivity contribution in [3.8, 4) is 0 Å². The van der Waals surface area contributed by atoms with E-state index in [1.54, 1.807) is 0 Å². The van der Waals surface area contributed by atoms with Crippen molar-refractivity contribution in [1.82, 2.24) is 0 Å². The van der Waals surface area contributed by atoms with Crippen LogP contribution < -0.4 is 0 Å². The third kappa shape index (κ3) is 111000. The Balaban J connectivity index is -0.0000000533. The maximum Gasteiger partial charge on any atom is 4.00 e. The summed E-state index contributed by atoms with van der Waals surface area (Å²) in [4.78, 5) is 0. The fourth-order valence-electron chi connectivity index (χ4n) is 0. The van der Waals surface area contributed by atoms with Crippen LogP contribution in [0.25, 0.3) is 0 Å². The van der Waals surface area contributed by atoms with E-state index in [0.717, 1.165) is 0 Å². The van der Waals surface area contributed by atoms with Crippen LogP contribution in [0.15, 0.2) is 0 Å². The second-order valence-corrected chi connectivity index (χ2v) is 1.98. The van der Waals surface area contributed by atoms with Crippen LogP contribution in [0.4, 0.5) is 69.1 Å². The Morgan fingerprint density at radius 3 is 0.238 bits per heavy atom. The molecule has 0 rings (SSSR count). The van der Waals surface area contributed by atoms with Crippen LogP contribution in [-0.4, -0.2) is 29.0 Å². The molecule has 0 aliphatic rings. The predicted molar refractivity (Wildman–Crippen MR) is 40.7 cm³/mol. The SMILES string of the molecule is F[B-](F)(F)F.F[B-](F)(F)F.F[B-](F)(F)F.F[B-](F)(F)F.[Rh+4]. The Kier molecular flexibility index (Phi) is 19.1. The molecule has 0 aromatic carbocycles. The van der Waals surface area contributed by atoms with Gasteiger partial charge in [-0.15, -0.1) is 0 Å². The van der Waals surface area contributed by atoms with Crippen molar-refractivity contribution in [3.05, 3.63) is 0 Å². The van der Waals surface area contributed by atoms with Crippen molar-refractivity contribution >= 4 is 29.0 Å². The molecule has 0 heterocycles. The third-order valence-corrected chi connectivity index (χ3v) is 0. The maximum absolute atomic E-state index is 9.75. The van der Waals surface area contributed by atoms with Gasteiger partial charge < -0.3 is 69.1 Å². The molecule has 0 spiro atoms. The zero-order valence-corrected chi connectivity index (χ0v) is 10.3. The topological polar surface area (TPSA) is 0 Å². The summed E-state index contributed by atoms with van der Waals surface area (Å²) in [5, 5.41) is 0. The minimum absolute atomic E-state index is 0. The zero-order valence-electron chi connectivity index (χ0n) is 8.69. The molecule has 0 nitrogen and oxygen atoms in total. The summed E-state index contributed by atoms with van der Waals surface area (Å²) in [6.07, 6.45) is 0. The van der Waals surface area contributed by atoms with E-state index in [9.17, 15) is 69.1 Å². The van der Waals surface area contributed by atoms with E-state index in [0.29, 0.717) is 0 Å². The zero-order chi connectivity index (χ0) is 18.0. The van der Waals surface area contributed by atoms with Crippen LogP contribution in [0.3, 0.4) is 0 Å². The summed E-state index contributed by atoms with van der Waals surface area (Å²) < 4.78 is 156. The Hall–Kier alpha value is -0.237. The number of rotatable bonds is 0. The number of hydrogen-bond donors (Lipinski definition) is 0. The van der Waals surface area contributed by atoms with Gasteiger partial charge in [-0.3, -0.25) is 0 Å². The molecular formula is B4F16Rh. The van der Waals surface area contributed by atoms with Crippen molar-refractivity contribution in [3.63, 3.8) is 0 Å². The fourth-order valence-corrected chi connectivity index (χ4v) is 0. The Morgan fingerprint density at radius 2 is 0.238 bits per heavy atom. The van der Waals surface area contributed by atoms with Gasteiger partial charge in [-0.25, -0.2) is 0 Å². The number of hydrogen-bond acceptors (Lipinski definition) is 0. The smallest absolute Gasteiger partial charge is 0.418 e. The fraction of sp³-hybridized carbons (Fsp3) is 0. The van der Waals surface area contributed by atoms with Gasteiger partial charge in [-0.2, -0.15) is 0 Å². The summed E-state index contributed by atoms with van der Waals surface area (Å²) in [5.74, 6) is 0. The largest absolute Gasteiger partial charge is 4.00 e. The normalized spacial score (nSPS) is 11.4. The van der Waals surface area contributed by atoms with Gasteiger partial charge in [0.15, 0.2) is 0 Å². The van der Waals surface area contributed by atoms with Crippen LogP contribution in [0.5, 0.6) is 0 Å². The molecule has 0 bridgehead atoms. The Morgan fingerprint density at radius 1 is 0.238 bits per heavy atom. The first-order valence-corrected chi connectivity index (χ1v) is 3.49. The van der Waals surface area contributed by atoms with Gasteiger partial charge in [0.2, 0.25) is 0 Å². The summed E-state index contributed by atoms with van der Waals surface area (Å²) >= 11 is 0. The van der Waals surface area contributed by atoms with E-state index in [2.05, 4.69) is 0 Å². The second kappa shape index (κ2) is 12.3. The van der Waals surface area contributed by atoms with E-state index in [1.807, 2.05) is 0 Å². The molecule has 0 aliphatic heterocycles. The van der Waals surface area contributed by atoms with Gasteiger partial charge in [0.1, 0.15) is 0 Å². The van der Waals surface area contributed by atoms with E-state index in [-0.39, 0.29) is 19.5 Å². The van der Waals surface area contributed by atoms with E-state index in [1.165, 1.54) is 0 Å². The van der Waals surface area contributed by atoms with Gasteiger partial charge >= 0.3 is 48.5 Å². The second-order valence-electron chi connectivity index (χ2n) is 1.98. The molecule has 21 heavy (non-hydrogen) atoms. The minimum Gasteiger partial charge on any atom is -0.418 e. The molecule has 0 fully saturated rings. The Labute approximate surface area is 118 Å². The molecule has 0 amide bonds. The first-order chi connectivity index (χ1) is 8.00. The van der Waals surface area contributed by atoms with Gasteiger partial charge in [-0.1, -0.05) is 0 Å². The average molecular weight is 450 g/mol. The van der Waals surface area contributed by atoms with Crippen LogP contribution in [0.1, 0.15) is 0 Å². The monoisotopic (exact) mass is 451 g/mol. The molecule has 0 aromatic heterocycles. The van der Waals surface area contributed by atoms with Gasteiger partial charge in [0.05, 0.1) is 0 Å². The molecular weight excluding hydrogens is 450 g/mol. The summed E-state index contributed by atoms with van der Waals surface area (Å²) in [6, 6.07) is 0. The molecule has 0 unspecified atom stereocenters. The van der Waals surface area contributed by atoms with Crippen LogP contribution in [0.2, 0.25) is 0 Å². The molecule has 0 N–H and O–H groups in total. The first-order valence-electron chi connectivity index (χ1n) is 3.49. The standard InChI is InChI=1S/4BF4.Rh/c4*2-1(3,4)5;/q4*-1;+4. The molecule has 0 saturated carbocycles. The third-order valence-electron chi connectivity index (χ3n) is 0. The minimum atomic E-state index is -6.00. The summed E-state index contributed by atoms with van der Waals surface area (Å²) in [5.41, 5.74) is 0. The predicted octanol–water partition coefficient (Wildman–Crippen LogP) is 5.20. The molecule has 0 aliphatic carbocycles. The number of halogens is 16. The van der Waals surface area contributed by atoms with Crippen molar-refractivity contribution in [2.45, 2.75) is 0 Å².